The second kappa shape index (κ2) is 3.62. The molecule has 0 saturated carbocycles. The molecule has 0 fully saturated rings. The molecule has 64 valence electrons. The van der Waals surface area contributed by atoms with E-state index in [0.717, 1.165) is 0 Å². The molecule has 4 nitrogen and oxygen atoms in total. The quantitative estimate of drug-likeness (QED) is 0.642. The summed E-state index contributed by atoms with van der Waals surface area (Å²) in [7, 11) is 0. The standard InChI is InChI=1S/C9H7N3O/c1-2-6-13-9(12-3-1)8-7-10-4-5-11-8/h1-7H. The minimum atomic E-state index is 0.457. The molecule has 0 spiro atoms. The van der Waals surface area contributed by atoms with E-state index in [9.17, 15) is 0 Å². The molecule has 0 atom stereocenters. The van der Waals surface area contributed by atoms with Crippen LogP contribution in [0.5, 0.6) is 0 Å². The zero-order valence-corrected chi connectivity index (χ0v) is 6.79. The van der Waals surface area contributed by atoms with Crippen LogP contribution in [0.1, 0.15) is 5.69 Å². The number of hydrogen-bond donors (Lipinski definition) is 0. The van der Waals surface area contributed by atoms with E-state index in [0.29, 0.717) is 11.6 Å². The van der Waals surface area contributed by atoms with Gasteiger partial charge in [0.2, 0.25) is 5.90 Å². The molecule has 13 heavy (non-hydrogen) atoms. The van der Waals surface area contributed by atoms with Crippen molar-refractivity contribution in [3.05, 3.63) is 48.9 Å². The van der Waals surface area contributed by atoms with Crippen LogP contribution >= 0.6 is 0 Å². The Kier molecular flexibility index (Phi) is 2.14. The van der Waals surface area contributed by atoms with Crippen LogP contribution in [0.3, 0.4) is 0 Å². The summed E-state index contributed by atoms with van der Waals surface area (Å²) in [5.41, 5.74) is 0.624. The van der Waals surface area contributed by atoms with Gasteiger partial charge in [0.05, 0.1) is 12.5 Å². The number of ether oxygens (including phenoxy) is 1. The van der Waals surface area contributed by atoms with Gasteiger partial charge >= 0.3 is 0 Å². The summed E-state index contributed by atoms with van der Waals surface area (Å²) in [5.74, 6) is 0.457. The fourth-order valence-corrected chi connectivity index (χ4v) is 0.876. The van der Waals surface area contributed by atoms with Crippen molar-refractivity contribution in [3.63, 3.8) is 0 Å². The summed E-state index contributed by atoms with van der Waals surface area (Å²) in [5, 5.41) is 0. The van der Waals surface area contributed by atoms with Crippen LogP contribution in [0.25, 0.3) is 0 Å². The average molecular weight is 173 g/mol. The summed E-state index contributed by atoms with van der Waals surface area (Å²) in [4.78, 5) is 12.0. The Morgan fingerprint density at radius 1 is 1.15 bits per heavy atom. The van der Waals surface area contributed by atoms with Gasteiger partial charge in [-0.2, -0.15) is 0 Å². The molecule has 0 bridgehead atoms. The summed E-state index contributed by atoms with van der Waals surface area (Å²) < 4.78 is 5.19. The first-order chi connectivity index (χ1) is 6.47. The third kappa shape index (κ3) is 1.79. The third-order valence-electron chi connectivity index (χ3n) is 1.43. The summed E-state index contributed by atoms with van der Waals surface area (Å²) in [6, 6.07) is 0. The van der Waals surface area contributed by atoms with Gasteiger partial charge in [0.1, 0.15) is 5.69 Å². The Balaban J connectivity index is 2.32. The molecule has 0 aromatic carbocycles. The smallest absolute Gasteiger partial charge is 0.246 e. The molecule has 2 heterocycles. The van der Waals surface area contributed by atoms with Crippen molar-refractivity contribution in [1.29, 1.82) is 0 Å². The molecule has 0 aliphatic carbocycles. The lowest BCUT2D eigenvalue weighted by atomic mass is 10.4. The van der Waals surface area contributed by atoms with Crippen molar-refractivity contribution in [2.75, 3.05) is 0 Å². The van der Waals surface area contributed by atoms with Gasteiger partial charge in [-0.15, -0.1) is 0 Å². The lowest BCUT2D eigenvalue weighted by Gasteiger charge is -2.00. The molecule has 0 radical (unpaired) electrons. The fourth-order valence-electron chi connectivity index (χ4n) is 0.876. The normalized spacial score (nSPS) is 14.6. The van der Waals surface area contributed by atoms with Crippen molar-refractivity contribution in [3.8, 4) is 0 Å². The van der Waals surface area contributed by atoms with E-state index in [2.05, 4.69) is 15.0 Å². The van der Waals surface area contributed by atoms with Crippen molar-refractivity contribution < 1.29 is 4.74 Å². The van der Waals surface area contributed by atoms with Crippen molar-refractivity contribution in [1.82, 2.24) is 9.97 Å². The Morgan fingerprint density at radius 3 is 3.00 bits per heavy atom. The molecular formula is C9H7N3O. The molecule has 0 unspecified atom stereocenters. The maximum atomic E-state index is 5.19. The van der Waals surface area contributed by atoms with E-state index in [1.807, 2.05) is 0 Å². The Hall–Kier alpha value is -1.97. The molecule has 1 aromatic rings. The zero-order valence-electron chi connectivity index (χ0n) is 6.79. The Labute approximate surface area is 75.3 Å². The van der Waals surface area contributed by atoms with E-state index < -0.39 is 0 Å². The molecule has 2 rings (SSSR count). The van der Waals surface area contributed by atoms with Crippen LogP contribution in [-0.2, 0) is 4.74 Å². The minimum absolute atomic E-state index is 0.457. The van der Waals surface area contributed by atoms with Gasteiger partial charge < -0.3 is 4.74 Å². The van der Waals surface area contributed by atoms with Crippen LogP contribution in [0.4, 0.5) is 0 Å². The van der Waals surface area contributed by atoms with Gasteiger partial charge in [0, 0.05) is 18.6 Å². The average Bonchev–Trinajstić information content (AvgIpc) is 2.47. The first-order valence-electron chi connectivity index (χ1n) is 3.79. The molecule has 1 aliphatic heterocycles. The summed E-state index contributed by atoms with van der Waals surface area (Å²) in [6.45, 7) is 0. The molecule has 1 aliphatic rings. The Bertz CT molecular complexity index is 368. The van der Waals surface area contributed by atoms with Crippen molar-refractivity contribution >= 4 is 5.90 Å². The first kappa shape index (κ1) is 7.67. The van der Waals surface area contributed by atoms with Crippen LogP contribution in [0.15, 0.2) is 48.2 Å². The summed E-state index contributed by atoms with van der Waals surface area (Å²) >= 11 is 0. The zero-order chi connectivity index (χ0) is 8.93. The minimum Gasteiger partial charge on any atom is -0.445 e. The maximum Gasteiger partial charge on any atom is 0.246 e. The molecule has 4 heteroatoms. The van der Waals surface area contributed by atoms with E-state index in [4.69, 9.17) is 4.74 Å². The highest BCUT2D eigenvalue weighted by Crippen LogP contribution is 2.01. The van der Waals surface area contributed by atoms with Crippen LogP contribution in [0, 0.1) is 0 Å². The van der Waals surface area contributed by atoms with Crippen molar-refractivity contribution in [2.24, 2.45) is 4.99 Å². The van der Waals surface area contributed by atoms with Gasteiger partial charge in [0.25, 0.3) is 0 Å². The number of rotatable bonds is 1. The molecule has 0 amide bonds. The first-order valence-corrected chi connectivity index (χ1v) is 3.79. The van der Waals surface area contributed by atoms with E-state index in [1.54, 1.807) is 43.2 Å². The highest BCUT2D eigenvalue weighted by atomic mass is 16.5. The van der Waals surface area contributed by atoms with Crippen molar-refractivity contribution in [2.45, 2.75) is 0 Å². The number of aliphatic imine (C=N–C) groups is 1. The molecule has 0 N–H and O–H groups in total. The number of aromatic nitrogens is 2. The molecular weight excluding hydrogens is 166 g/mol. The van der Waals surface area contributed by atoms with Crippen LogP contribution in [0.2, 0.25) is 0 Å². The fraction of sp³-hybridized carbons (Fsp3) is 0. The van der Waals surface area contributed by atoms with Crippen LogP contribution in [-0.4, -0.2) is 15.9 Å². The maximum absolute atomic E-state index is 5.19. The highest BCUT2D eigenvalue weighted by molar-refractivity contribution is 5.92. The highest BCUT2D eigenvalue weighted by Gasteiger charge is 2.04. The van der Waals surface area contributed by atoms with E-state index in [-0.39, 0.29) is 0 Å². The van der Waals surface area contributed by atoms with E-state index in [1.165, 1.54) is 0 Å². The monoisotopic (exact) mass is 173 g/mol. The largest absolute Gasteiger partial charge is 0.445 e. The SMILES string of the molecule is C1=CN=C(c2cnccn2)OC=C1. The number of allylic oxidation sites excluding steroid dienone is 2. The topological polar surface area (TPSA) is 47.4 Å². The van der Waals surface area contributed by atoms with E-state index >= 15 is 0 Å². The molecule has 0 saturated heterocycles. The van der Waals surface area contributed by atoms with Gasteiger partial charge in [-0.25, -0.2) is 9.98 Å². The third-order valence-corrected chi connectivity index (χ3v) is 1.43. The lowest BCUT2D eigenvalue weighted by Crippen LogP contribution is -2.04. The summed E-state index contributed by atoms with van der Waals surface area (Å²) in [6.07, 6.45) is 11.5. The predicted molar refractivity (Wildman–Crippen MR) is 47.9 cm³/mol. The van der Waals surface area contributed by atoms with Gasteiger partial charge in [-0.05, 0) is 12.2 Å². The lowest BCUT2D eigenvalue weighted by molar-refractivity contribution is 0.473. The molecule has 1 aromatic heterocycles. The Morgan fingerprint density at radius 2 is 2.15 bits per heavy atom. The van der Waals surface area contributed by atoms with Gasteiger partial charge in [-0.3, -0.25) is 4.98 Å². The number of nitrogens with zero attached hydrogens (tertiary/aromatic N) is 3. The second-order valence-corrected chi connectivity index (χ2v) is 2.31. The van der Waals surface area contributed by atoms with Gasteiger partial charge in [0.15, 0.2) is 0 Å². The second-order valence-electron chi connectivity index (χ2n) is 2.31. The number of hydrogen-bond acceptors (Lipinski definition) is 4. The predicted octanol–water partition coefficient (Wildman–Crippen LogP) is 1.28. The van der Waals surface area contributed by atoms with Crippen LogP contribution < -0.4 is 0 Å². The van der Waals surface area contributed by atoms with Gasteiger partial charge in [-0.1, -0.05) is 0 Å².